The molecule has 0 saturated carbocycles. The van der Waals surface area contributed by atoms with E-state index in [1.54, 1.807) is 4.90 Å². The number of fused-ring (bicyclic) bond motifs is 1. The summed E-state index contributed by atoms with van der Waals surface area (Å²) in [4.78, 5) is 39.4. The molecule has 0 saturated heterocycles. The molecule has 32 heavy (non-hydrogen) atoms. The van der Waals surface area contributed by atoms with E-state index >= 15 is 0 Å². The second-order valence-electron chi connectivity index (χ2n) is 8.15. The van der Waals surface area contributed by atoms with Gasteiger partial charge in [0.15, 0.2) is 0 Å². The predicted octanol–water partition coefficient (Wildman–Crippen LogP) is 2.85. The Hall–Kier alpha value is -3.74. The van der Waals surface area contributed by atoms with E-state index in [4.69, 9.17) is 0 Å². The van der Waals surface area contributed by atoms with Gasteiger partial charge in [-0.15, -0.1) is 0 Å². The van der Waals surface area contributed by atoms with Crippen molar-refractivity contribution < 1.29 is 9.59 Å². The number of para-hydroxylation sites is 1. The zero-order valence-electron chi connectivity index (χ0n) is 18.2. The molecule has 2 aromatic carbocycles. The van der Waals surface area contributed by atoms with Gasteiger partial charge < -0.3 is 10.2 Å². The molecule has 2 heterocycles. The van der Waals surface area contributed by atoms with Crippen LogP contribution < -0.4 is 15.8 Å². The Morgan fingerprint density at radius 1 is 1.09 bits per heavy atom. The summed E-state index contributed by atoms with van der Waals surface area (Å²) in [6.45, 7) is 4.52. The van der Waals surface area contributed by atoms with E-state index in [1.165, 1.54) is 16.8 Å². The van der Waals surface area contributed by atoms with Crippen LogP contribution in [0.2, 0.25) is 0 Å². The fourth-order valence-electron chi connectivity index (χ4n) is 4.04. The summed E-state index contributed by atoms with van der Waals surface area (Å²) in [6, 6.07) is 18.5. The Labute approximate surface area is 186 Å². The lowest BCUT2D eigenvalue weighted by Crippen LogP contribution is -2.38. The van der Waals surface area contributed by atoms with Crippen LogP contribution in [0, 0.1) is 6.92 Å². The predicted molar refractivity (Wildman–Crippen MR) is 123 cm³/mol. The molecule has 164 valence electrons. The van der Waals surface area contributed by atoms with E-state index in [0.29, 0.717) is 6.54 Å². The fourth-order valence-corrected chi connectivity index (χ4v) is 4.04. The molecule has 3 aromatic rings. The Morgan fingerprint density at radius 2 is 1.91 bits per heavy atom. The highest BCUT2D eigenvalue weighted by atomic mass is 16.2. The topological polar surface area (TPSA) is 84.3 Å². The molecule has 1 atom stereocenters. The lowest BCUT2D eigenvalue weighted by Gasteiger charge is -2.22. The van der Waals surface area contributed by atoms with Crippen LogP contribution in [-0.4, -0.2) is 27.6 Å². The second-order valence-corrected chi connectivity index (χ2v) is 8.15. The molecule has 0 fully saturated rings. The van der Waals surface area contributed by atoms with E-state index < -0.39 is 0 Å². The van der Waals surface area contributed by atoms with E-state index in [1.807, 2.05) is 62.4 Å². The molecular weight excluding hydrogens is 404 g/mol. The zero-order chi connectivity index (χ0) is 22.7. The van der Waals surface area contributed by atoms with Gasteiger partial charge in [0.1, 0.15) is 5.69 Å². The molecule has 0 aliphatic carbocycles. The molecule has 0 bridgehead atoms. The summed E-state index contributed by atoms with van der Waals surface area (Å²) >= 11 is 0. The van der Waals surface area contributed by atoms with Crippen LogP contribution in [0.15, 0.2) is 65.5 Å². The number of hydrogen-bond acceptors (Lipinski definition) is 4. The largest absolute Gasteiger partial charge is 0.352 e. The van der Waals surface area contributed by atoms with Gasteiger partial charge in [-0.25, -0.2) is 4.68 Å². The number of nitrogens with zero attached hydrogens (tertiary/aromatic N) is 3. The first-order valence-electron chi connectivity index (χ1n) is 10.7. The summed E-state index contributed by atoms with van der Waals surface area (Å²) in [5.74, 6) is -0.431. The van der Waals surface area contributed by atoms with Gasteiger partial charge in [-0.1, -0.05) is 48.0 Å². The van der Waals surface area contributed by atoms with Crippen LogP contribution in [0.5, 0.6) is 0 Å². The van der Waals surface area contributed by atoms with Gasteiger partial charge in [0.25, 0.3) is 11.5 Å². The first-order chi connectivity index (χ1) is 15.4. The smallest absolute Gasteiger partial charge is 0.278 e. The lowest BCUT2D eigenvalue weighted by atomic mass is 10.1. The highest BCUT2D eigenvalue weighted by molar-refractivity contribution is 6.06. The summed E-state index contributed by atoms with van der Waals surface area (Å²) < 4.78 is 1.19. The van der Waals surface area contributed by atoms with Crippen molar-refractivity contribution in [3.05, 3.63) is 93.4 Å². The van der Waals surface area contributed by atoms with E-state index in [9.17, 15) is 14.4 Å². The number of rotatable bonds is 6. The number of carbonyl (C=O) groups excluding carboxylic acids is 2. The number of anilines is 1. The van der Waals surface area contributed by atoms with Gasteiger partial charge in [0.2, 0.25) is 5.91 Å². The summed E-state index contributed by atoms with van der Waals surface area (Å²) in [5, 5.41) is 7.12. The lowest BCUT2D eigenvalue weighted by molar-refractivity contribution is -0.121. The Morgan fingerprint density at radius 3 is 2.72 bits per heavy atom. The fraction of sp³-hybridized carbons (Fsp3) is 0.280. The number of aryl methyl sites for hydroxylation is 2. The van der Waals surface area contributed by atoms with Crippen molar-refractivity contribution >= 4 is 17.5 Å². The minimum Gasteiger partial charge on any atom is -0.352 e. The summed E-state index contributed by atoms with van der Waals surface area (Å²) in [5.41, 5.74) is 3.98. The standard InChI is InChI=1S/C25H26N4O3/c1-17-6-5-7-19(14-17)16-26-23(30)12-13-28-24(31)11-10-21(27-28)25(32)29-18(2)15-20-8-3-4-9-22(20)29/h3-11,14,18H,12-13,15-16H2,1-2H3,(H,26,30)/t18-/m1/s1. The molecular formula is C25H26N4O3. The van der Waals surface area contributed by atoms with Crippen LogP contribution in [0.25, 0.3) is 0 Å². The number of nitrogens with one attached hydrogen (secondary N) is 1. The molecule has 1 N–H and O–H groups in total. The van der Waals surface area contributed by atoms with Crippen molar-refractivity contribution in [2.45, 2.75) is 45.8 Å². The van der Waals surface area contributed by atoms with Crippen LogP contribution >= 0.6 is 0 Å². The quantitative estimate of drug-likeness (QED) is 0.652. The summed E-state index contributed by atoms with van der Waals surface area (Å²) in [6.07, 6.45) is 0.877. The molecule has 7 heteroatoms. The van der Waals surface area contributed by atoms with Crippen molar-refractivity contribution in [3.63, 3.8) is 0 Å². The maximum atomic E-state index is 13.2. The molecule has 0 spiro atoms. The van der Waals surface area contributed by atoms with E-state index in [-0.39, 0.29) is 42.1 Å². The molecule has 1 aromatic heterocycles. The third-order valence-corrected chi connectivity index (χ3v) is 5.63. The number of benzene rings is 2. The number of carbonyl (C=O) groups is 2. The third kappa shape index (κ3) is 4.61. The Bertz CT molecular complexity index is 1220. The molecule has 7 nitrogen and oxygen atoms in total. The van der Waals surface area contributed by atoms with Gasteiger partial charge in [-0.2, -0.15) is 5.10 Å². The van der Waals surface area contributed by atoms with Crippen LogP contribution in [0.1, 0.15) is 40.5 Å². The number of hydrogen-bond donors (Lipinski definition) is 1. The summed E-state index contributed by atoms with van der Waals surface area (Å²) in [7, 11) is 0. The van der Waals surface area contributed by atoms with Crippen LogP contribution in [0.4, 0.5) is 5.69 Å². The Kier molecular flexibility index (Phi) is 6.16. The zero-order valence-corrected chi connectivity index (χ0v) is 18.2. The molecule has 0 unspecified atom stereocenters. The van der Waals surface area contributed by atoms with E-state index in [2.05, 4.69) is 10.4 Å². The van der Waals surface area contributed by atoms with Gasteiger partial charge in [0.05, 0.1) is 6.54 Å². The molecule has 4 rings (SSSR count). The van der Waals surface area contributed by atoms with Crippen molar-refractivity contribution in [2.24, 2.45) is 0 Å². The van der Waals surface area contributed by atoms with Crippen molar-refractivity contribution in [1.29, 1.82) is 0 Å². The average Bonchev–Trinajstić information content (AvgIpc) is 3.12. The second kappa shape index (κ2) is 9.18. The van der Waals surface area contributed by atoms with Gasteiger partial charge in [-0.05, 0) is 43.5 Å². The SMILES string of the molecule is Cc1cccc(CNC(=O)CCn2nc(C(=O)N3c4ccccc4C[C@H]3C)ccc2=O)c1. The minimum absolute atomic E-state index is 0.00878. The van der Waals surface area contributed by atoms with Crippen LogP contribution in [0.3, 0.4) is 0 Å². The van der Waals surface area contributed by atoms with Crippen molar-refractivity contribution in [3.8, 4) is 0 Å². The van der Waals surface area contributed by atoms with Gasteiger partial charge in [-0.3, -0.25) is 14.4 Å². The van der Waals surface area contributed by atoms with Crippen molar-refractivity contribution in [1.82, 2.24) is 15.1 Å². The number of amides is 2. The first kappa shape index (κ1) is 21.5. The first-order valence-corrected chi connectivity index (χ1v) is 10.7. The van der Waals surface area contributed by atoms with Crippen LogP contribution in [-0.2, 0) is 24.3 Å². The highest BCUT2D eigenvalue weighted by Gasteiger charge is 2.32. The Balaban J connectivity index is 1.42. The van der Waals surface area contributed by atoms with Crippen molar-refractivity contribution in [2.75, 3.05) is 4.90 Å². The third-order valence-electron chi connectivity index (χ3n) is 5.63. The maximum Gasteiger partial charge on any atom is 0.278 e. The monoisotopic (exact) mass is 430 g/mol. The molecule has 1 aliphatic rings. The van der Waals surface area contributed by atoms with Gasteiger partial charge >= 0.3 is 0 Å². The molecule has 1 aliphatic heterocycles. The van der Waals surface area contributed by atoms with Gasteiger partial charge in [0, 0.05) is 30.8 Å². The maximum absolute atomic E-state index is 13.2. The molecule has 2 amide bonds. The van der Waals surface area contributed by atoms with E-state index in [0.717, 1.165) is 28.8 Å². The molecule has 0 radical (unpaired) electrons. The average molecular weight is 431 g/mol. The minimum atomic E-state index is -0.345. The normalized spacial score (nSPS) is 14.8. The number of aromatic nitrogens is 2. The highest BCUT2D eigenvalue weighted by Crippen LogP contribution is 2.32.